The number of aliphatic hydroxyl groups is 2. The predicted octanol–water partition coefficient (Wildman–Crippen LogP) is 5.38. The third kappa shape index (κ3) is 17.6. The summed E-state index contributed by atoms with van der Waals surface area (Å²) in [5, 5.41) is 18.3. The topological polar surface area (TPSA) is 40.5 Å². The van der Waals surface area contributed by atoms with Crippen LogP contribution in [0.3, 0.4) is 0 Å². The van der Waals surface area contributed by atoms with Crippen LogP contribution in [0.25, 0.3) is 0 Å². The van der Waals surface area contributed by atoms with Crippen LogP contribution in [0.2, 0.25) is 0 Å². The zero-order chi connectivity index (χ0) is 15.6. The molecule has 0 aliphatic heterocycles. The molecule has 1 atom stereocenters. The smallest absolute Gasteiger partial charge is 0.0720 e. The molecular formula is C19H38O2. The first-order chi connectivity index (χ1) is 10.3. The standard InChI is InChI=1S/C19H38O2/c1-2-3-16-19(21)17-14-12-10-8-6-4-5-7-9-11-13-15-18-20/h14,17,19-21H,2-13,15-16,18H2,1H3/b17-14+/t19-/m0/s1. The van der Waals surface area contributed by atoms with E-state index in [0.717, 1.165) is 32.1 Å². The van der Waals surface area contributed by atoms with Crippen molar-refractivity contribution in [2.24, 2.45) is 0 Å². The minimum atomic E-state index is -0.226. The van der Waals surface area contributed by atoms with Gasteiger partial charge in [-0.05, 0) is 25.7 Å². The Labute approximate surface area is 132 Å². The van der Waals surface area contributed by atoms with Crippen LogP contribution in [0.1, 0.15) is 96.8 Å². The lowest BCUT2D eigenvalue weighted by atomic mass is 10.1. The first kappa shape index (κ1) is 20.7. The molecule has 0 aliphatic rings. The van der Waals surface area contributed by atoms with Gasteiger partial charge >= 0.3 is 0 Å². The Hall–Kier alpha value is -0.340. The molecule has 126 valence electrons. The van der Waals surface area contributed by atoms with Crippen molar-refractivity contribution in [3.63, 3.8) is 0 Å². The van der Waals surface area contributed by atoms with Crippen molar-refractivity contribution in [1.29, 1.82) is 0 Å². The molecule has 0 aliphatic carbocycles. The van der Waals surface area contributed by atoms with Gasteiger partial charge in [0.1, 0.15) is 0 Å². The Kier molecular flexibility index (Phi) is 17.4. The molecule has 21 heavy (non-hydrogen) atoms. The van der Waals surface area contributed by atoms with Crippen LogP contribution >= 0.6 is 0 Å². The van der Waals surface area contributed by atoms with Gasteiger partial charge in [0.25, 0.3) is 0 Å². The van der Waals surface area contributed by atoms with Gasteiger partial charge in [-0.15, -0.1) is 0 Å². The molecule has 2 nitrogen and oxygen atoms in total. The highest BCUT2D eigenvalue weighted by Gasteiger charge is 1.96. The van der Waals surface area contributed by atoms with Gasteiger partial charge in [-0.1, -0.05) is 83.3 Å². The predicted molar refractivity (Wildman–Crippen MR) is 92.5 cm³/mol. The molecule has 0 bridgehead atoms. The van der Waals surface area contributed by atoms with Crippen LogP contribution in [-0.2, 0) is 0 Å². The fourth-order valence-corrected chi connectivity index (χ4v) is 2.55. The average Bonchev–Trinajstić information content (AvgIpc) is 2.49. The SMILES string of the molecule is CCCC[C@H](O)/C=C/CCCCCCCCCCCCO. The molecule has 0 rings (SSSR count). The summed E-state index contributed by atoms with van der Waals surface area (Å²) in [6.07, 6.45) is 21.0. The van der Waals surface area contributed by atoms with E-state index in [0.29, 0.717) is 6.61 Å². The Balaban J connectivity index is 3.13. The van der Waals surface area contributed by atoms with E-state index in [1.165, 1.54) is 57.8 Å². The van der Waals surface area contributed by atoms with E-state index in [9.17, 15) is 5.11 Å². The van der Waals surface area contributed by atoms with Crippen molar-refractivity contribution in [3.8, 4) is 0 Å². The van der Waals surface area contributed by atoms with E-state index in [2.05, 4.69) is 13.0 Å². The third-order valence-corrected chi connectivity index (χ3v) is 3.99. The largest absolute Gasteiger partial charge is 0.396 e. The molecule has 0 aromatic heterocycles. The van der Waals surface area contributed by atoms with E-state index in [-0.39, 0.29) is 6.10 Å². The molecule has 0 fully saturated rings. The summed E-state index contributed by atoms with van der Waals surface area (Å²) in [6, 6.07) is 0. The van der Waals surface area contributed by atoms with Crippen LogP contribution in [0.4, 0.5) is 0 Å². The fourth-order valence-electron chi connectivity index (χ4n) is 2.55. The van der Waals surface area contributed by atoms with Gasteiger partial charge in [0.15, 0.2) is 0 Å². The summed E-state index contributed by atoms with van der Waals surface area (Å²) in [6.45, 7) is 2.51. The number of rotatable bonds is 16. The monoisotopic (exact) mass is 298 g/mol. The molecule has 0 saturated carbocycles. The van der Waals surface area contributed by atoms with Gasteiger partial charge < -0.3 is 10.2 Å². The third-order valence-electron chi connectivity index (χ3n) is 3.99. The maximum absolute atomic E-state index is 9.66. The first-order valence-corrected chi connectivity index (χ1v) is 9.26. The molecule has 0 saturated heterocycles. The average molecular weight is 299 g/mol. The van der Waals surface area contributed by atoms with Crippen molar-refractivity contribution < 1.29 is 10.2 Å². The van der Waals surface area contributed by atoms with Crippen molar-refractivity contribution in [2.45, 2.75) is 103 Å². The summed E-state index contributed by atoms with van der Waals surface area (Å²) < 4.78 is 0. The van der Waals surface area contributed by atoms with Crippen LogP contribution in [0.5, 0.6) is 0 Å². The van der Waals surface area contributed by atoms with Crippen molar-refractivity contribution >= 4 is 0 Å². The summed E-state index contributed by atoms with van der Waals surface area (Å²) >= 11 is 0. The highest BCUT2D eigenvalue weighted by atomic mass is 16.3. The maximum Gasteiger partial charge on any atom is 0.0720 e. The number of hydrogen-bond acceptors (Lipinski definition) is 2. The minimum absolute atomic E-state index is 0.226. The quantitative estimate of drug-likeness (QED) is 0.297. The summed E-state index contributed by atoms with van der Waals surface area (Å²) in [5.41, 5.74) is 0. The Morgan fingerprint density at radius 3 is 1.81 bits per heavy atom. The highest BCUT2D eigenvalue weighted by molar-refractivity contribution is 4.88. The number of unbranched alkanes of at least 4 members (excludes halogenated alkanes) is 11. The van der Waals surface area contributed by atoms with Gasteiger partial charge in [-0.3, -0.25) is 0 Å². The molecule has 0 amide bonds. The normalized spacial score (nSPS) is 13.1. The minimum Gasteiger partial charge on any atom is -0.396 e. The van der Waals surface area contributed by atoms with Crippen molar-refractivity contribution in [1.82, 2.24) is 0 Å². The van der Waals surface area contributed by atoms with E-state index in [1.807, 2.05) is 6.08 Å². The number of allylic oxidation sites excluding steroid dienone is 1. The van der Waals surface area contributed by atoms with Gasteiger partial charge in [-0.25, -0.2) is 0 Å². The fraction of sp³-hybridized carbons (Fsp3) is 0.895. The highest BCUT2D eigenvalue weighted by Crippen LogP contribution is 2.11. The van der Waals surface area contributed by atoms with Gasteiger partial charge in [-0.2, -0.15) is 0 Å². The van der Waals surface area contributed by atoms with Gasteiger partial charge in [0, 0.05) is 6.61 Å². The summed E-state index contributed by atoms with van der Waals surface area (Å²) in [7, 11) is 0. The van der Waals surface area contributed by atoms with E-state index in [1.54, 1.807) is 0 Å². The lowest BCUT2D eigenvalue weighted by Gasteiger charge is -2.03. The van der Waals surface area contributed by atoms with Crippen LogP contribution < -0.4 is 0 Å². The maximum atomic E-state index is 9.66. The van der Waals surface area contributed by atoms with Crippen LogP contribution in [0, 0.1) is 0 Å². The van der Waals surface area contributed by atoms with Crippen molar-refractivity contribution in [3.05, 3.63) is 12.2 Å². The lowest BCUT2D eigenvalue weighted by Crippen LogP contribution is -2.00. The van der Waals surface area contributed by atoms with E-state index < -0.39 is 0 Å². The van der Waals surface area contributed by atoms with E-state index in [4.69, 9.17) is 5.11 Å². The van der Waals surface area contributed by atoms with Gasteiger partial charge in [0.2, 0.25) is 0 Å². The lowest BCUT2D eigenvalue weighted by molar-refractivity contribution is 0.209. The molecule has 0 heterocycles. The first-order valence-electron chi connectivity index (χ1n) is 9.26. The second-order valence-electron chi connectivity index (χ2n) is 6.19. The Morgan fingerprint density at radius 2 is 1.29 bits per heavy atom. The molecule has 0 radical (unpaired) electrons. The molecule has 0 unspecified atom stereocenters. The van der Waals surface area contributed by atoms with Crippen LogP contribution in [-0.4, -0.2) is 22.9 Å². The summed E-state index contributed by atoms with van der Waals surface area (Å²) in [4.78, 5) is 0. The van der Waals surface area contributed by atoms with Crippen molar-refractivity contribution in [2.75, 3.05) is 6.61 Å². The molecular weight excluding hydrogens is 260 g/mol. The number of aliphatic hydroxyl groups excluding tert-OH is 2. The molecule has 2 heteroatoms. The molecule has 0 aromatic rings. The second kappa shape index (κ2) is 17.7. The Morgan fingerprint density at radius 1 is 0.762 bits per heavy atom. The van der Waals surface area contributed by atoms with Gasteiger partial charge in [0.05, 0.1) is 6.10 Å². The zero-order valence-corrected chi connectivity index (χ0v) is 14.2. The number of hydrogen-bond donors (Lipinski definition) is 2. The molecule has 0 spiro atoms. The van der Waals surface area contributed by atoms with E-state index >= 15 is 0 Å². The zero-order valence-electron chi connectivity index (χ0n) is 14.2. The summed E-state index contributed by atoms with van der Waals surface area (Å²) in [5.74, 6) is 0. The Bertz CT molecular complexity index is 214. The van der Waals surface area contributed by atoms with Crippen LogP contribution in [0.15, 0.2) is 12.2 Å². The molecule has 2 N–H and O–H groups in total. The second-order valence-corrected chi connectivity index (χ2v) is 6.19. The molecule has 0 aromatic carbocycles.